The Balaban J connectivity index is 2.55. The second kappa shape index (κ2) is 9.72. The molecule has 1 atom stereocenters. The number of carbonyl (C=O) groups excluding carboxylic acids is 2. The van der Waals surface area contributed by atoms with E-state index in [0.29, 0.717) is 11.5 Å². The van der Waals surface area contributed by atoms with E-state index in [0.717, 1.165) is 11.3 Å². The molecular weight excluding hydrogens is 296 g/mol. The molecule has 0 aliphatic rings. The molecule has 0 radical (unpaired) electrons. The van der Waals surface area contributed by atoms with Crippen LogP contribution in [0.5, 0.6) is 0 Å². The lowest BCUT2D eigenvalue weighted by molar-refractivity contribution is -0.138. The summed E-state index contributed by atoms with van der Waals surface area (Å²) in [5.41, 5.74) is 1.14. The van der Waals surface area contributed by atoms with E-state index in [9.17, 15) is 9.59 Å². The van der Waals surface area contributed by atoms with Gasteiger partial charge in [0, 0.05) is 11.0 Å². The van der Waals surface area contributed by atoms with Crippen molar-refractivity contribution in [3.8, 4) is 0 Å². The van der Waals surface area contributed by atoms with Crippen LogP contribution in [0.4, 0.5) is 0 Å². The van der Waals surface area contributed by atoms with E-state index >= 15 is 0 Å². The third-order valence-corrected chi connectivity index (χ3v) is 4.98. The molecule has 0 heterocycles. The fourth-order valence-corrected chi connectivity index (χ4v) is 3.73. The van der Waals surface area contributed by atoms with Gasteiger partial charge < -0.3 is 9.47 Å². The van der Waals surface area contributed by atoms with Crippen LogP contribution in [0, 0.1) is 0 Å². The fourth-order valence-electron chi connectivity index (χ4n) is 1.44. The largest absolute Gasteiger partial charge is 0.468 e. The third-order valence-electron chi connectivity index (χ3n) is 2.52. The topological polar surface area (TPSA) is 52.6 Å². The summed E-state index contributed by atoms with van der Waals surface area (Å²) in [5.74, 6) is 0.877. The highest BCUT2D eigenvalue weighted by molar-refractivity contribution is 8.03. The Morgan fingerprint density at radius 2 is 1.65 bits per heavy atom. The molecule has 20 heavy (non-hydrogen) atoms. The molecule has 0 aromatic heterocycles. The summed E-state index contributed by atoms with van der Waals surface area (Å²) in [7, 11) is 2.76. The molecule has 1 aromatic rings. The van der Waals surface area contributed by atoms with Gasteiger partial charge in [-0.15, -0.1) is 23.5 Å². The first-order valence-corrected chi connectivity index (χ1v) is 8.25. The quantitative estimate of drug-likeness (QED) is 0.687. The average molecular weight is 314 g/mol. The Hall–Kier alpha value is -1.14. The summed E-state index contributed by atoms with van der Waals surface area (Å²) in [6, 6.07) is 9.92. The van der Waals surface area contributed by atoms with Crippen molar-refractivity contribution in [1.29, 1.82) is 0 Å². The number of rotatable bonds is 8. The highest BCUT2D eigenvalue weighted by Crippen LogP contribution is 2.32. The van der Waals surface area contributed by atoms with Crippen molar-refractivity contribution in [3.63, 3.8) is 0 Å². The lowest BCUT2D eigenvalue weighted by Crippen LogP contribution is -2.09. The molecule has 0 bridgehead atoms. The van der Waals surface area contributed by atoms with Crippen LogP contribution in [-0.2, 0) is 19.1 Å². The van der Waals surface area contributed by atoms with Crippen LogP contribution in [0.2, 0.25) is 0 Å². The van der Waals surface area contributed by atoms with Crippen molar-refractivity contribution < 1.29 is 19.1 Å². The van der Waals surface area contributed by atoms with E-state index in [1.165, 1.54) is 37.7 Å². The molecule has 6 heteroatoms. The molecule has 1 rings (SSSR count). The van der Waals surface area contributed by atoms with Crippen LogP contribution in [0.15, 0.2) is 30.3 Å². The Morgan fingerprint density at radius 1 is 1.05 bits per heavy atom. The molecule has 0 aliphatic heterocycles. The highest BCUT2D eigenvalue weighted by Gasteiger charge is 2.15. The summed E-state index contributed by atoms with van der Waals surface area (Å²) in [4.78, 5) is 22.4. The Bertz CT molecular complexity index is 422. The summed E-state index contributed by atoms with van der Waals surface area (Å²) < 4.78 is 9.27. The van der Waals surface area contributed by atoms with Gasteiger partial charge in [0.2, 0.25) is 0 Å². The van der Waals surface area contributed by atoms with Crippen LogP contribution < -0.4 is 0 Å². The van der Waals surface area contributed by atoms with Gasteiger partial charge in [0.1, 0.15) is 0 Å². The summed E-state index contributed by atoms with van der Waals surface area (Å²) in [6.45, 7) is 0. The summed E-state index contributed by atoms with van der Waals surface area (Å²) >= 11 is 3.02. The molecule has 0 saturated heterocycles. The van der Waals surface area contributed by atoms with Gasteiger partial charge in [0.15, 0.2) is 0 Å². The van der Waals surface area contributed by atoms with Crippen LogP contribution >= 0.6 is 23.5 Å². The van der Waals surface area contributed by atoms with E-state index in [1.54, 1.807) is 0 Å². The van der Waals surface area contributed by atoms with Gasteiger partial charge in [-0.1, -0.05) is 30.3 Å². The minimum absolute atomic E-state index is 0.143. The van der Waals surface area contributed by atoms with E-state index in [1.807, 2.05) is 30.3 Å². The minimum atomic E-state index is -0.242. The second-order valence-corrected chi connectivity index (χ2v) is 6.10. The van der Waals surface area contributed by atoms with Crippen molar-refractivity contribution in [2.24, 2.45) is 0 Å². The van der Waals surface area contributed by atoms with Gasteiger partial charge in [0.05, 0.1) is 25.7 Å². The van der Waals surface area contributed by atoms with Gasteiger partial charge in [0.25, 0.3) is 0 Å². The van der Waals surface area contributed by atoms with Gasteiger partial charge in [-0.05, 0) is 5.56 Å². The van der Waals surface area contributed by atoms with Gasteiger partial charge in [-0.3, -0.25) is 9.59 Å². The molecule has 0 N–H and O–H groups in total. The monoisotopic (exact) mass is 314 g/mol. The maximum absolute atomic E-state index is 11.3. The van der Waals surface area contributed by atoms with Crippen LogP contribution in [0.25, 0.3) is 0 Å². The fraction of sp³-hybridized carbons (Fsp3) is 0.429. The molecule has 0 fully saturated rings. The van der Waals surface area contributed by atoms with Crippen LogP contribution in [0.1, 0.15) is 10.8 Å². The van der Waals surface area contributed by atoms with Crippen molar-refractivity contribution in [2.75, 3.05) is 31.5 Å². The smallest absolute Gasteiger partial charge is 0.315 e. The van der Waals surface area contributed by atoms with E-state index in [-0.39, 0.29) is 17.2 Å². The van der Waals surface area contributed by atoms with E-state index < -0.39 is 0 Å². The first kappa shape index (κ1) is 16.9. The number of benzene rings is 1. The number of methoxy groups -OCH3 is 2. The van der Waals surface area contributed by atoms with Gasteiger partial charge >= 0.3 is 11.9 Å². The van der Waals surface area contributed by atoms with Crippen molar-refractivity contribution >= 4 is 35.5 Å². The maximum atomic E-state index is 11.3. The Kier molecular flexibility index (Phi) is 8.22. The lowest BCUT2D eigenvalue weighted by atomic mass is 10.2. The molecule has 0 aliphatic carbocycles. The van der Waals surface area contributed by atoms with Crippen molar-refractivity contribution in [3.05, 3.63) is 35.9 Å². The molecule has 0 amide bonds. The van der Waals surface area contributed by atoms with Crippen LogP contribution in [-0.4, -0.2) is 43.4 Å². The normalized spacial score (nSPS) is 11.7. The third kappa shape index (κ3) is 6.34. The zero-order chi connectivity index (χ0) is 14.8. The summed E-state index contributed by atoms with van der Waals surface area (Å²) in [5, 5.41) is 0.143. The van der Waals surface area contributed by atoms with Crippen LogP contribution in [0.3, 0.4) is 0 Å². The lowest BCUT2D eigenvalue weighted by Gasteiger charge is -2.16. The predicted octanol–water partition coefficient (Wildman–Crippen LogP) is 2.54. The number of carbonyl (C=O) groups is 2. The average Bonchev–Trinajstić information content (AvgIpc) is 2.50. The Labute approximate surface area is 127 Å². The van der Waals surface area contributed by atoms with Crippen molar-refractivity contribution in [2.45, 2.75) is 5.25 Å². The van der Waals surface area contributed by atoms with E-state index in [2.05, 4.69) is 9.47 Å². The first-order chi connectivity index (χ1) is 9.67. The number of hydrogen-bond acceptors (Lipinski definition) is 6. The second-order valence-electron chi connectivity index (χ2n) is 3.88. The van der Waals surface area contributed by atoms with Gasteiger partial charge in [-0.2, -0.15) is 0 Å². The molecule has 1 unspecified atom stereocenters. The molecule has 0 saturated carbocycles. The maximum Gasteiger partial charge on any atom is 0.315 e. The SMILES string of the molecule is COC(=O)CSCC(SCC(=O)OC)c1ccccc1. The predicted molar refractivity (Wildman–Crippen MR) is 83.0 cm³/mol. The molecule has 4 nitrogen and oxygen atoms in total. The molecule has 1 aromatic carbocycles. The van der Waals surface area contributed by atoms with Crippen molar-refractivity contribution in [1.82, 2.24) is 0 Å². The van der Waals surface area contributed by atoms with E-state index in [4.69, 9.17) is 0 Å². The zero-order valence-corrected chi connectivity index (χ0v) is 13.2. The highest BCUT2D eigenvalue weighted by atomic mass is 32.2. The molecule has 110 valence electrons. The first-order valence-electron chi connectivity index (χ1n) is 6.05. The number of esters is 2. The van der Waals surface area contributed by atoms with Gasteiger partial charge in [-0.25, -0.2) is 0 Å². The minimum Gasteiger partial charge on any atom is -0.468 e. The summed E-state index contributed by atoms with van der Waals surface area (Å²) in [6.07, 6.45) is 0. The zero-order valence-electron chi connectivity index (χ0n) is 11.5. The standard InChI is InChI=1S/C14H18O4S2/c1-17-13(15)9-19-8-12(20-10-14(16)18-2)11-6-4-3-5-7-11/h3-7,12H,8-10H2,1-2H3. The molecule has 0 spiro atoms. The number of ether oxygens (including phenoxy) is 2. The Morgan fingerprint density at radius 3 is 2.25 bits per heavy atom. The molecular formula is C14H18O4S2. The number of thioether (sulfide) groups is 2. The number of hydrogen-bond donors (Lipinski definition) is 0.